The maximum absolute atomic E-state index is 9.01. The first-order chi connectivity index (χ1) is 9.26. The first kappa shape index (κ1) is 17.2. The maximum atomic E-state index is 9.01. The number of anilines is 2. The number of hydrogen-bond donors (Lipinski definition) is 5. The van der Waals surface area contributed by atoms with E-state index in [1.54, 1.807) is 18.0 Å². The van der Waals surface area contributed by atoms with Crippen molar-refractivity contribution < 1.29 is 16.2 Å². The molecule has 6 N–H and O–H groups in total. The molecule has 1 aliphatic rings. The number of rotatable bonds is 1. The average molecular weight is 329 g/mol. The second-order valence-corrected chi connectivity index (χ2v) is 5.39. The Morgan fingerprint density at radius 1 is 1.05 bits per heavy atom. The fourth-order valence-electron chi connectivity index (χ4n) is 1.77. The van der Waals surface area contributed by atoms with Crippen molar-refractivity contribution in [2.75, 3.05) is 11.6 Å². The highest BCUT2D eigenvalue weighted by Crippen LogP contribution is 2.45. The van der Waals surface area contributed by atoms with Crippen LogP contribution in [0.25, 0.3) is 0 Å². The summed E-state index contributed by atoms with van der Waals surface area (Å²) in [5, 5.41) is 12.4. The normalized spacial score (nSPS) is 11.0. The lowest BCUT2D eigenvalue weighted by molar-refractivity contribution is -0.825. The number of hydrogen-bond acceptors (Lipinski definition) is 5. The minimum atomic E-state index is 0. The van der Waals surface area contributed by atoms with E-state index < -0.39 is 0 Å². The molecular formula is C13H17N2O2S3+. The lowest BCUT2D eigenvalue weighted by Crippen LogP contribution is -2.73. The van der Waals surface area contributed by atoms with Gasteiger partial charge < -0.3 is 10.8 Å². The summed E-state index contributed by atoms with van der Waals surface area (Å²) in [6.45, 7) is 0. The fourth-order valence-corrected chi connectivity index (χ4v) is 3.14. The van der Waals surface area contributed by atoms with Crippen LogP contribution in [0, 0.1) is 0 Å². The molecule has 0 aliphatic carbocycles. The molecule has 2 aromatic carbocycles. The van der Waals surface area contributed by atoms with Gasteiger partial charge in [0.15, 0.2) is 5.69 Å². The van der Waals surface area contributed by atoms with Gasteiger partial charge in [0.2, 0.25) is 0 Å². The molecule has 0 unspecified atom stereocenters. The molecule has 108 valence electrons. The Hall–Kier alpha value is -0.830. The summed E-state index contributed by atoms with van der Waals surface area (Å²) in [4.78, 5) is 3.21. The molecule has 0 radical (unpaired) electrons. The number of quaternary nitrogens is 1. The number of thiol groups is 2. The largest absolute Gasteiger partial charge is 0.412 e. The molecule has 4 nitrogen and oxygen atoms in total. The Balaban J connectivity index is 0.000000639. The smallest absolute Gasteiger partial charge is 0.163 e. The number of nitrogens with one attached hydrogen (secondary N) is 1. The summed E-state index contributed by atoms with van der Waals surface area (Å²) < 4.78 is 0. The molecule has 0 atom stereocenters. The quantitative estimate of drug-likeness (QED) is 0.270. The zero-order chi connectivity index (χ0) is 13.8. The Labute approximate surface area is 133 Å². The molecule has 2 aromatic rings. The van der Waals surface area contributed by atoms with Gasteiger partial charge >= 0.3 is 0 Å². The first-order valence-electron chi connectivity index (χ1n) is 5.60. The predicted octanol–water partition coefficient (Wildman–Crippen LogP) is 2.49. The van der Waals surface area contributed by atoms with E-state index in [0.29, 0.717) is 0 Å². The van der Waals surface area contributed by atoms with Crippen LogP contribution in [0.4, 0.5) is 17.1 Å². The average Bonchev–Trinajstić information content (AvgIpc) is 2.46. The summed E-state index contributed by atoms with van der Waals surface area (Å²) in [5.41, 5.74) is 4.09. The van der Waals surface area contributed by atoms with Gasteiger partial charge in [-0.25, -0.2) is 5.21 Å². The van der Waals surface area contributed by atoms with Crippen LogP contribution in [0.2, 0.25) is 0 Å². The van der Waals surface area contributed by atoms with Gasteiger partial charge in [-0.3, -0.25) is 0 Å². The van der Waals surface area contributed by atoms with Crippen LogP contribution >= 0.6 is 37.0 Å². The van der Waals surface area contributed by atoms with Crippen molar-refractivity contribution in [1.82, 2.24) is 0 Å². The number of benzene rings is 2. The van der Waals surface area contributed by atoms with Crippen LogP contribution in [0.1, 0.15) is 0 Å². The summed E-state index contributed by atoms with van der Waals surface area (Å²) in [6, 6.07) is 11.8. The third-order valence-corrected chi connectivity index (χ3v) is 4.00. The van der Waals surface area contributed by atoms with Crippen molar-refractivity contribution in [3.63, 3.8) is 0 Å². The first-order valence-corrected chi connectivity index (χ1v) is 7.76. The van der Waals surface area contributed by atoms with Crippen LogP contribution in [-0.2, 0) is 0 Å². The molecule has 0 fully saturated rings. The van der Waals surface area contributed by atoms with Gasteiger partial charge in [0.05, 0.1) is 11.4 Å². The molecule has 0 spiro atoms. The maximum Gasteiger partial charge on any atom is 0.163 e. The van der Waals surface area contributed by atoms with Gasteiger partial charge in [0.25, 0.3) is 0 Å². The lowest BCUT2D eigenvalue weighted by atomic mass is 10.2. The third-order valence-electron chi connectivity index (χ3n) is 2.61. The lowest BCUT2D eigenvalue weighted by Gasteiger charge is -2.20. The molecule has 20 heavy (non-hydrogen) atoms. The number of fused-ring (bicyclic) bond motifs is 2. The van der Waals surface area contributed by atoms with Crippen molar-refractivity contribution in [3.8, 4) is 0 Å². The molecule has 7 heteroatoms. The van der Waals surface area contributed by atoms with Crippen molar-refractivity contribution in [2.24, 2.45) is 0 Å². The molecule has 0 saturated heterocycles. The molecule has 0 bridgehead atoms. The Bertz CT molecular complexity index is 594. The van der Waals surface area contributed by atoms with Crippen LogP contribution in [0.5, 0.6) is 0 Å². The Kier molecular flexibility index (Phi) is 6.74. The van der Waals surface area contributed by atoms with Gasteiger partial charge in [-0.2, -0.15) is 18.1 Å². The van der Waals surface area contributed by atoms with Gasteiger partial charge in [-0.15, -0.1) is 12.6 Å². The zero-order valence-corrected chi connectivity index (χ0v) is 13.4. The van der Waals surface area contributed by atoms with E-state index in [0.717, 1.165) is 37.2 Å². The Morgan fingerprint density at radius 3 is 2.30 bits per heavy atom. The van der Waals surface area contributed by atoms with Gasteiger partial charge in [-0.05, 0) is 30.5 Å². The van der Waals surface area contributed by atoms with Gasteiger partial charge in [0.1, 0.15) is 0 Å². The minimum Gasteiger partial charge on any atom is -0.412 e. The second-order valence-electron chi connectivity index (χ2n) is 3.79. The van der Waals surface area contributed by atoms with Crippen molar-refractivity contribution in [1.29, 1.82) is 0 Å². The molecule has 3 rings (SSSR count). The fraction of sp³-hybridized carbons (Fsp3) is 0.0769. The van der Waals surface area contributed by atoms with Crippen LogP contribution < -0.4 is 10.8 Å². The predicted molar refractivity (Wildman–Crippen MR) is 89.4 cm³/mol. The van der Waals surface area contributed by atoms with E-state index in [4.69, 9.17) is 5.21 Å². The zero-order valence-electron chi connectivity index (χ0n) is 10.8. The van der Waals surface area contributed by atoms with Crippen LogP contribution in [-0.4, -0.2) is 16.9 Å². The van der Waals surface area contributed by atoms with Crippen LogP contribution in [0.3, 0.4) is 0 Å². The standard InChI is InChI=1S/C12H10N2OS2.CH4S.H2O/c15-14-7-1-3-9-11(5-7)17-12-6-8(16)2-4-10(12)13-9;1-2;/h1-6,13-16H;2H,1H3;1H2/p+1. The number of nitrogens with two attached hydrogens (primary N) is 1. The second kappa shape index (κ2) is 7.82. The van der Waals surface area contributed by atoms with E-state index in [1.165, 1.54) is 0 Å². The van der Waals surface area contributed by atoms with E-state index in [-0.39, 0.29) is 5.48 Å². The van der Waals surface area contributed by atoms with Gasteiger partial charge in [-0.1, -0.05) is 11.8 Å². The van der Waals surface area contributed by atoms with Crippen molar-refractivity contribution >= 4 is 54.1 Å². The monoisotopic (exact) mass is 329 g/mol. The minimum absolute atomic E-state index is 0. The van der Waals surface area contributed by atoms with Gasteiger partial charge in [0, 0.05) is 26.8 Å². The van der Waals surface area contributed by atoms with E-state index in [1.807, 2.05) is 36.4 Å². The van der Waals surface area contributed by atoms with E-state index >= 15 is 0 Å². The molecular weight excluding hydrogens is 312 g/mol. The highest BCUT2D eigenvalue weighted by atomic mass is 32.2. The SMILES string of the molecule is CS.O.O[NH2+]c1ccc2c(c1)Sc1cc(S)ccc1N2. The molecule has 1 aliphatic heterocycles. The van der Waals surface area contributed by atoms with E-state index in [2.05, 4.69) is 30.6 Å². The highest BCUT2D eigenvalue weighted by molar-refractivity contribution is 7.99. The molecule has 0 saturated carbocycles. The molecule has 1 heterocycles. The van der Waals surface area contributed by atoms with E-state index in [9.17, 15) is 0 Å². The molecule has 0 aromatic heterocycles. The van der Waals surface area contributed by atoms with Crippen molar-refractivity contribution in [3.05, 3.63) is 36.4 Å². The summed E-state index contributed by atoms with van der Waals surface area (Å²) in [5.74, 6) is 0. The summed E-state index contributed by atoms with van der Waals surface area (Å²) >= 11 is 9.55. The third kappa shape index (κ3) is 3.63. The van der Waals surface area contributed by atoms with Crippen LogP contribution in [0.15, 0.2) is 51.1 Å². The molecule has 0 amide bonds. The summed E-state index contributed by atoms with van der Waals surface area (Å²) in [6.07, 6.45) is 1.69. The topological polar surface area (TPSA) is 80.4 Å². The highest BCUT2D eigenvalue weighted by Gasteiger charge is 2.16. The van der Waals surface area contributed by atoms with Crippen molar-refractivity contribution in [2.45, 2.75) is 14.7 Å². The summed E-state index contributed by atoms with van der Waals surface area (Å²) in [7, 11) is 0. The Morgan fingerprint density at radius 2 is 1.65 bits per heavy atom.